The fraction of sp³-hybridized carbons (Fsp3) is 0.200. The largest absolute Gasteiger partial charge is 0.152 e. The number of hydrogen-bond donors (Lipinski definition) is 0. The first-order valence-corrected chi connectivity index (χ1v) is 8.10. The molecule has 0 nitrogen and oxygen atoms in total. The van der Waals surface area contributed by atoms with Crippen LogP contribution < -0.4 is 0 Å². The summed E-state index contributed by atoms with van der Waals surface area (Å²) in [5.41, 5.74) is 5.11. The topological polar surface area (TPSA) is 0 Å². The van der Waals surface area contributed by atoms with Gasteiger partial charge >= 0.3 is 0 Å². The highest BCUT2D eigenvalue weighted by Gasteiger charge is 2.02. The molecular weight excluding hydrogens is 272 g/mol. The van der Waals surface area contributed by atoms with E-state index in [1.165, 1.54) is 22.3 Å². The molecule has 1 heteroatoms. The Morgan fingerprint density at radius 2 is 1.62 bits per heavy atom. The van der Waals surface area contributed by atoms with E-state index in [4.69, 9.17) is 0 Å². The normalized spacial score (nSPS) is 13.7. The maximum Gasteiger partial charge on any atom is -0.00146 e. The first-order chi connectivity index (χ1) is 10.1. The van der Waals surface area contributed by atoms with Gasteiger partial charge in [-0.05, 0) is 61.2 Å². The standard InChI is InChI=1S/C20H24S/c1-5-6-12-18(4)20(19-14-15-21-16-19)13-10-8-7-9-11-17(2)3/h5-16H,1-4H3/b6-5-,9-7-,10-8+,18-12+,20-13+. The minimum Gasteiger partial charge on any atom is -0.152 e. The van der Waals surface area contributed by atoms with Gasteiger partial charge in [0.2, 0.25) is 0 Å². The maximum absolute atomic E-state index is 2.19. The van der Waals surface area contributed by atoms with Gasteiger partial charge in [0.1, 0.15) is 0 Å². The van der Waals surface area contributed by atoms with Crippen molar-refractivity contribution in [1.82, 2.24) is 0 Å². The first kappa shape index (κ1) is 17.2. The van der Waals surface area contributed by atoms with E-state index in [1.54, 1.807) is 11.3 Å². The highest BCUT2D eigenvalue weighted by Crippen LogP contribution is 2.25. The molecule has 0 saturated carbocycles. The third-order valence-electron chi connectivity index (χ3n) is 2.82. The van der Waals surface area contributed by atoms with Gasteiger partial charge in [0, 0.05) is 0 Å². The van der Waals surface area contributed by atoms with E-state index >= 15 is 0 Å². The Bertz CT molecular complexity index is 584. The summed E-state index contributed by atoms with van der Waals surface area (Å²) >= 11 is 1.73. The molecule has 0 aromatic carbocycles. The lowest BCUT2D eigenvalue weighted by Gasteiger charge is -2.04. The average molecular weight is 296 g/mol. The van der Waals surface area contributed by atoms with E-state index in [1.807, 2.05) is 13.0 Å². The van der Waals surface area contributed by atoms with Crippen molar-refractivity contribution in [3.05, 3.63) is 88.2 Å². The van der Waals surface area contributed by atoms with Gasteiger partial charge in [-0.25, -0.2) is 0 Å². The van der Waals surface area contributed by atoms with Crippen LogP contribution in [-0.4, -0.2) is 0 Å². The SMILES string of the molecule is C\C=C/C=C(C)/C(=C\C=C\C=C/C=C(C)C)c1ccsc1. The predicted octanol–water partition coefficient (Wildman–Crippen LogP) is 6.73. The molecule has 1 rings (SSSR count). The van der Waals surface area contributed by atoms with Crippen LogP contribution in [0.4, 0.5) is 0 Å². The number of allylic oxidation sites excluding steroid dienone is 12. The van der Waals surface area contributed by atoms with Gasteiger partial charge in [0.25, 0.3) is 0 Å². The zero-order valence-electron chi connectivity index (χ0n) is 13.3. The minimum atomic E-state index is 1.27. The Morgan fingerprint density at radius 1 is 0.905 bits per heavy atom. The lowest BCUT2D eigenvalue weighted by molar-refractivity contribution is 1.39. The van der Waals surface area contributed by atoms with Gasteiger partial charge in [-0.3, -0.25) is 0 Å². The molecule has 0 bridgehead atoms. The Morgan fingerprint density at radius 3 is 2.19 bits per heavy atom. The second-order valence-electron chi connectivity index (χ2n) is 4.98. The molecule has 0 radical (unpaired) electrons. The van der Waals surface area contributed by atoms with Crippen molar-refractivity contribution in [1.29, 1.82) is 0 Å². The summed E-state index contributed by atoms with van der Waals surface area (Å²) in [6.45, 7) is 8.37. The lowest BCUT2D eigenvalue weighted by atomic mass is 10.0. The summed E-state index contributed by atoms with van der Waals surface area (Å²) < 4.78 is 0. The minimum absolute atomic E-state index is 1.27. The van der Waals surface area contributed by atoms with Crippen molar-refractivity contribution in [2.45, 2.75) is 27.7 Å². The predicted molar refractivity (Wildman–Crippen MR) is 98.6 cm³/mol. The summed E-state index contributed by atoms with van der Waals surface area (Å²) in [5, 5.41) is 4.30. The summed E-state index contributed by atoms with van der Waals surface area (Å²) in [6.07, 6.45) is 18.8. The fourth-order valence-electron chi connectivity index (χ4n) is 1.73. The van der Waals surface area contributed by atoms with Crippen LogP contribution in [0.1, 0.15) is 33.3 Å². The molecule has 0 aliphatic carbocycles. The first-order valence-electron chi connectivity index (χ1n) is 7.16. The van der Waals surface area contributed by atoms with Gasteiger partial charge in [-0.1, -0.05) is 60.3 Å². The van der Waals surface area contributed by atoms with Crippen LogP contribution in [0.25, 0.3) is 5.57 Å². The molecule has 1 heterocycles. The molecule has 0 saturated heterocycles. The number of hydrogen-bond acceptors (Lipinski definition) is 1. The monoisotopic (exact) mass is 296 g/mol. The quantitative estimate of drug-likeness (QED) is 0.510. The van der Waals surface area contributed by atoms with Gasteiger partial charge in [-0.2, -0.15) is 11.3 Å². The third-order valence-corrected chi connectivity index (χ3v) is 3.50. The smallest absolute Gasteiger partial charge is 0.00146 e. The van der Waals surface area contributed by atoms with Crippen LogP contribution in [0.3, 0.4) is 0 Å². The average Bonchev–Trinajstić information content (AvgIpc) is 2.97. The van der Waals surface area contributed by atoms with Crippen molar-refractivity contribution in [2.24, 2.45) is 0 Å². The summed E-state index contributed by atoms with van der Waals surface area (Å²) in [5.74, 6) is 0. The highest BCUT2D eigenvalue weighted by atomic mass is 32.1. The van der Waals surface area contributed by atoms with Crippen molar-refractivity contribution < 1.29 is 0 Å². The Kier molecular flexibility index (Phi) is 8.15. The molecule has 0 unspecified atom stereocenters. The van der Waals surface area contributed by atoms with Gasteiger partial charge in [-0.15, -0.1) is 0 Å². The summed E-state index contributed by atoms with van der Waals surface area (Å²) in [7, 11) is 0. The van der Waals surface area contributed by atoms with Crippen molar-refractivity contribution in [3.8, 4) is 0 Å². The molecule has 21 heavy (non-hydrogen) atoms. The highest BCUT2D eigenvalue weighted by molar-refractivity contribution is 7.08. The second-order valence-corrected chi connectivity index (χ2v) is 5.76. The summed E-state index contributed by atoms with van der Waals surface area (Å²) in [4.78, 5) is 0. The number of rotatable bonds is 6. The molecule has 0 aliphatic rings. The van der Waals surface area contributed by atoms with Crippen molar-refractivity contribution in [2.75, 3.05) is 0 Å². The van der Waals surface area contributed by atoms with E-state index in [0.717, 1.165) is 0 Å². The van der Waals surface area contributed by atoms with E-state index in [2.05, 4.69) is 86.2 Å². The lowest BCUT2D eigenvalue weighted by Crippen LogP contribution is -1.83. The van der Waals surface area contributed by atoms with Gasteiger partial charge < -0.3 is 0 Å². The molecule has 0 atom stereocenters. The number of thiophene rings is 1. The molecule has 0 amide bonds. The van der Waals surface area contributed by atoms with E-state index in [9.17, 15) is 0 Å². The fourth-order valence-corrected chi connectivity index (χ4v) is 2.39. The van der Waals surface area contributed by atoms with Gasteiger partial charge in [0.05, 0.1) is 0 Å². The van der Waals surface area contributed by atoms with Crippen molar-refractivity contribution >= 4 is 16.9 Å². The Hall–Kier alpha value is -1.86. The third kappa shape index (κ3) is 6.92. The summed E-state index contributed by atoms with van der Waals surface area (Å²) in [6, 6.07) is 2.16. The molecule has 0 aliphatic heterocycles. The van der Waals surface area contributed by atoms with Crippen LogP contribution in [0.5, 0.6) is 0 Å². The zero-order chi connectivity index (χ0) is 15.5. The molecule has 0 spiro atoms. The molecule has 1 aromatic heterocycles. The molecule has 0 fully saturated rings. The van der Waals surface area contributed by atoms with Crippen LogP contribution in [0.15, 0.2) is 82.7 Å². The van der Waals surface area contributed by atoms with Crippen LogP contribution in [-0.2, 0) is 0 Å². The van der Waals surface area contributed by atoms with Gasteiger partial charge in [0.15, 0.2) is 0 Å². The zero-order valence-corrected chi connectivity index (χ0v) is 14.2. The molecular formula is C20H24S. The Labute approximate surface area is 133 Å². The van der Waals surface area contributed by atoms with E-state index in [0.29, 0.717) is 0 Å². The Balaban J connectivity index is 2.92. The van der Waals surface area contributed by atoms with E-state index in [-0.39, 0.29) is 0 Å². The second kappa shape index (κ2) is 9.95. The van der Waals surface area contributed by atoms with E-state index < -0.39 is 0 Å². The molecule has 0 N–H and O–H groups in total. The molecule has 110 valence electrons. The van der Waals surface area contributed by atoms with Crippen LogP contribution in [0.2, 0.25) is 0 Å². The molecule has 1 aromatic rings. The van der Waals surface area contributed by atoms with Crippen molar-refractivity contribution in [3.63, 3.8) is 0 Å². The van der Waals surface area contributed by atoms with Crippen LogP contribution >= 0.6 is 11.3 Å². The van der Waals surface area contributed by atoms with Crippen LogP contribution in [0, 0.1) is 0 Å². The maximum atomic E-state index is 2.19.